The molecule has 0 aliphatic carbocycles. The van der Waals surface area contributed by atoms with Crippen LogP contribution in [0.25, 0.3) is 17.2 Å². The summed E-state index contributed by atoms with van der Waals surface area (Å²) in [5.41, 5.74) is 1.91. The van der Waals surface area contributed by atoms with E-state index in [1.54, 1.807) is 25.8 Å². The quantitative estimate of drug-likeness (QED) is 0.510. The molecule has 0 aliphatic heterocycles. The minimum absolute atomic E-state index is 0.568. The summed E-state index contributed by atoms with van der Waals surface area (Å²) < 4.78 is 11.1. The van der Waals surface area contributed by atoms with Crippen LogP contribution in [-0.2, 0) is 17.8 Å². The van der Waals surface area contributed by atoms with Gasteiger partial charge in [0.15, 0.2) is 11.6 Å². The molecule has 0 bridgehead atoms. The van der Waals surface area contributed by atoms with Gasteiger partial charge in [0, 0.05) is 26.0 Å². The normalized spacial score (nSPS) is 11.1. The van der Waals surface area contributed by atoms with Crippen molar-refractivity contribution in [1.29, 1.82) is 0 Å². The van der Waals surface area contributed by atoms with Crippen LogP contribution < -0.4 is 0 Å². The monoisotopic (exact) mass is 349 g/mol. The van der Waals surface area contributed by atoms with Crippen molar-refractivity contribution in [3.05, 3.63) is 67.1 Å². The van der Waals surface area contributed by atoms with Crippen LogP contribution in [0.1, 0.15) is 5.82 Å². The Bertz CT molecular complexity index is 970. The van der Waals surface area contributed by atoms with Crippen molar-refractivity contribution >= 4 is 0 Å². The zero-order chi connectivity index (χ0) is 17.8. The van der Waals surface area contributed by atoms with Gasteiger partial charge in [-0.15, -0.1) is 10.2 Å². The fourth-order valence-corrected chi connectivity index (χ4v) is 2.85. The first-order valence-corrected chi connectivity index (χ1v) is 8.33. The molecule has 0 spiro atoms. The number of para-hydroxylation sites is 1. The Morgan fingerprint density at radius 1 is 1.04 bits per heavy atom. The number of benzene rings is 1. The van der Waals surface area contributed by atoms with Crippen LogP contribution >= 0.6 is 0 Å². The van der Waals surface area contributed by atoms with Gasteiger partial charge in [0.05, 0.1) is 25.0 Å². The van der Waals surface area contributed by atoms with E-state index in [9.17, 15) is 0 Å². The molecule has 8 nitrogen and oxygen atoms in total. The molecule has 4 aromatic rings. The Morgan fingerprint density at radius 3 is 2.77 bits per heavy atom. The highest BCUT2D eigenvalue weighted by molar-refractivity contribution is 5.54. The first-order valence-electron chi connectivity index (χ1n) is 8.33. The fourth-order valence-electron chi connectivity index (χ4n) is 2.85. The number of nitrogens with zero attached hydrogens (tertiary/aromatic N) is 7. The topological polar surface area (TPSA) is 75.6 Å². The van der Waals surface area contributed by atoms with Crippen LogP contribution in [0.4, 0.5) is 0 Å². The molecule has 0 aliphatic rings. The van der Waals surface area contributed by atoms with Crippen LogP contribution in [0.2, 0.25) is 0 Å². The van der Waals surface area contributed by atoms with E-state index in [4.69, 9.17) is 4.74 Å². The van der Waals surface area contributed by atoms with E-state index in [1.807, 2.05) is 56.4 Å². The number of ether oxygens (including phenoxy) is 1. The van der Waals surface area contributed by atoms with Gasteiger partial charge in [-0.1, -0.05) is 18.2 Å². The summed E-state index contributed by atoms with van der Waals surface area (Å²) in [6.07, 6.45) is 7.22. The van der Waals surface area contributed by atoms with E-state index in [2.05, 4.69) is 20.3 Å². The van der Waals surface area contributed by atoms with Crippen LogP contribution in [-0.4, -0.2) is 47.8 Å². The van der Waals surface area contributed by atoms with E-state index in [1.165, 1.54) is 0 Å². The van der Waals surface area contributed by atoms with Gasteiger partial charge in [-0.05, 0) is 18.2 Å². The molecule has 0 amide bonds. The fraction of sp³-hybridized carbons (Fsp3) is 0.222. The molecule has 3 heterocycles. The molecule has 132 valence electrons. The second kappa shape index (κ2) is 7.32. The number of hydrogen-bond donors (Lipinski definition) is 0. The van der Waals surface area contributed by atoms with Crippen molar-refractivity contribution in [3.8, 4) is 17.2 Å². The smallest absolute Gasteiger partial charge is 0.159 e. The molecule has 0 unspecified atom stereocenters. The van der Waals surface area contributed by atoms with E-state index in [0.717, 1.165) is 23.0 Å². The predicted octanol–water partition coefficient (Wildman–Crippen LogP) is 2.02. The number of hydrogen-bond acceptors (Lipinski definition) is 5. The lowest BCUT2D eigenvalue weighted by molar-refractivity contribution is 0.186. The van der Waals surface area contributed by atoms with Gasteiger partial charge in [-0.25, -0.2) is 9.67 Å². The minimum Gasteiger partial charge on any atom is -0.383 e. The molecule has 0 fully saturated rings. The zero-order valence-electron chi connectivity index (χ0n) is 14.4. The van der Waals surface area contributed by atoms with E-state index >= 15 is 0 Å². The van der Waals surface area contributed by atoms with E-state index < -0.39 is 0 Å². The van der Waals surface area contributed by atoms with Gasteiger partial charge < -0.3 is 13.9 Å². The van der Waals surface area contributed by atoms with Gasteiger partial charge in [0.2, 0.25) is 0 Å². The summed E-state index contributed by atoms with van der Waals surface area (Å²) in [6.45, 7) is 1.90. The van der Waals surface area contributed by atoms with E-state index in [0.29, 0.717) is 19.7 Å². The number of methoxy groups -OCH3 is 1. The lowest BCUT2D eigenvalue weighted by atomic mass is 10.3. The Hall–Kier alpha value is -3.26. The summed E-state index contributed by atoms with van der Waals surface area (Å²) >= 11 is 0. The molecule has 0 radical (unpaired) electrons. The highest BCUT2D eigenvalue weighted by Gasteiger charge is 2.15. The number of imidazole rings is 1. The molecule has 1 aromatic carbocycles. The SMILES string of the molecule is COCCn1cnnc1Cn1ccnc1-c1ccnn1-c1ccccc1. The first kappa shape index (κ1) is 16.2. The average Bonchev–Trinajstić information content (AvgIpc) is 3.42. The van der Waals surface area contributed by atoms with Gasteiger partial charge in [-0.3, -0.25) is 0 Å². The largest absolute Gasteiger partial charge is 0.383 e. The third kappa shape index (κ3) is 3.14. The Kier molecular flexibility index (Phi) is 4.57. The molecule has 26 heavy (non-hydrogen) atoms. The molecule has 0 atom stereocenters. The standard InChI is InChI=1S/C18H19N7O/c1-26-12-11-24-14-20-22-17(24)13-23-10-9-19-18(23)16-7-8-21-25(16)15-5-3-2-4-6-15/h2-10,14H,11-13H2,1H3. The van der Waals surface area contributed by atoms with Crippen molar-refractivity contribution in [3.63, 3.8) is 0 Å². The Balaban J connectivity index is 1.65. The summed E-state index contributed by atoms with van der Waals surface area (Å²) in [4.78, 5) is 4.54. The average molecular weight is 349 g/mol. The molecule has 0 saturated carbocycles. The second-order valence-electron chi connectivity index (χ2n) is 5.78. The molecule has 0 N–H and O–H groups in total. The van der Waals surface area contributed by atoms with Gasteiger partial charge >= 0.3 is 0 Å². The van der Waals surface area contributed by atoms with E-state index in [-0.39, 0.29) is 0 Å². The molecule has 3 aromatic heterocycles. The highest BCUT2D eigenvalue weighted by atomic mass is 16.5. The van der Waals surface area contributed by atoms with Crippen molar-refractivity contribution in [2.24, 2.45) is 0 Å². The number of rotatable bonds is 7. The molecule has 0 saturated heterocycles. The van der Waals surface area contributed by atoms with Gasteiger partial charge in [0.1, 0.15) is 12.0 Å². The van der Waals surface area contributed by atoms with Crippen molar-refractivity contribution in [1.82, 2.24) is 34.1 Å². The zero-order valence-corrected chi connectivity index (χ0v) is 14.4. The van der Waals surface area contributed by atoms with Crippen LogP contribution in [0, 0.1) is 0 Å². The maximum atomic E-state index is 5.15. The highest BCUT2D eigenvalue weighted by Crippen LogP contribution is 2.21. The Labute approximate surface area is 150 Å². The summed E-state index contributed by atoms with van der Waals surface area (Å²) in [6, 6.07) is 12.0. The summed E-state index contributed by atoms with van der Waals surface area (Å²) in [5, 5.41) is 12.7. The number of aromatic nitrogens is 7. The third-order valence-electron chi connectivity index (χ3n) is 4.13. The molecule has 4 rings (SSSR count). The summed E-state index contributed by atoms with van der Waals surface area (Å²) in [7, 11) is 1.68. The third-order valence-corrected chi connectivity index (χ3v) is 4.13. The van der Waals surface area contributed by atoms with Crippen molar-refractivity contribution < 1.29 is 4.74 Å². The molecule has 8 heteroatoms. The first-order chi connectivity index (χ1) is 12.9. The van der Waals surface area contributed by atoms with Gasteiger partial charge in [-0.2, -0.15) is 5.10 Å². The minimum atomic E-state index is 0.568. The van der Waals surface area contributed by atoms with Crippen LogP contribution in [0.3, 0.4) is 0 Å². The molecular formula is C18H19N7O. The van der Waals surface area contributed by atoms with Crippen molar-refractivity contribution in [2.75, 3.05) is 13.7 Å². The van der Waals surface area contributed by atoms with Crippen LogP contribution in [0.15, 0.2) is 61.3 Å². The maximum Gasteiger partial charge on any atom is 0.159 e. The Morgan fingerprint density at radius 2 is 1.92 bits per heavy atom. The second-order valence-corrected chi connectivity index (χ2v) is 5.78. The van der Waals surface area contributed by atoms with Crippen LogP contribution in [0.5, 0.6) is 0 Å². The molecular weight excluding hydrogens is 330 g/mol. The van der Waals surface area contributed by atoms with Gasteiger partial charge in [0.25, 0.3) is 0 Å². The maximum absolute atomic E-state index is 5.15. The summed E-state index contributed by atoms with van der Waals surface area (Å²) in [5.74, 6) is 1.68. The van der Waals surface area contributed by atoms with Crippen molar-refractivity contribution in [2.45, 2.75) is 13.1 Å². The predicted molar refractivity (Wildman–Crippen MR) is 95.8 cm³/mol. The lowest BCUT2D eigenvalue weighted by Crippen LogP contribution is -2.12. The lowest BCUT2D eigenvalue weighted by Gasteiger charge is -2.11.